The largest absolute Gasteiger partial charge is 0.457 e. The lowest BCUT2D eigenvalue weighted by Crippen LogP contribution is -2.17. The lowest BCUT2D eigenvalue weighted by Gasteiger charge is -2.16. The SMILES string of the molecule is CC(N)Cc1ccc(Oc2ccc3c(c2)CCCC3)cc1. The highest BCUT2D eigenvalue weighted by molar-refractivity contribution is 5.40. The van der Waals surface area contributed by atoms with Crippen molar-refractivity contribution in [2.75, 3.05) is 0 Å². The van der Waals surface area contributed by atoms with Gasteiger partial charge in [0, 0.05) is 6.04 Å². The molecule has 0 aromatic heterocycles. The van der Waals surface area contributed by atoms with Gasteiger partial charge in [-0.05, 0) is 80.0 Å². The van der Waals surface area contributed by atoms with E-state index in [2.05, 4.69) is 30.3 Å². The van der Waals surface area contributed by atoms with Crippen molar-refractivity contribution in [2.24, 2.45) is 5.73 Å². The normalized spacial score (nSPS) is 15.3. The summed E-state index contributed by atoms with van der Waals surface area (Å²) >= 11 is 0. The first-order valence-electron chi connectivity index (χ1n) is 7.85. The lowest BCUT2D eigenvalue weighted by molar-refractivity contribution is 0.480. The standard InChI is InChI=1S/C19H23NO/c1-14(20)12-15-6-9-18(10-7-15)21-19-11-8-16-4-2-3-5-17(16)13-19/h6-11,13-14H,2-5,12,20H2,1H3. The third-order valence-electron chi connectivity index (χ3n) is 4.04. The Morgan fingerprint density at radius 1 is 0.952 bits per heavy atom. The second-order valence-electron chi connectivity index (χ2n) is 6.07. The summed E-state index contributed by atoms with van der Waals surface area (Å²) in [5.41, 5.74) is 10.0. The molecule has 0 fully saturated rings. The molecule has 0 radical (unpaired) electrons. The molecule has 1 atom stereocenters. The minimum absolute atomic E-state index is 0.192. The molecule has 2 N–H and O–H groups in total. The number of hydrogen-bond donors (Lipinski definition) is 1. The van der Waals surface area contributed by atoms with Crippen LogP contribution in [0.2, 0.25) is 0 Å². The molecular formula is C19H23NO. The number of nitrogens with two attached hydrogens (primary N) is 1. The van der Waals surface area contributed by atoms with Gasteiger partial charge in [0.15, 0.2) is 0 Å². The Labute approximate surface area is 126 Å². The van der Waals surface area contributed by atoms with E-state index in [0.717, 1.165) is 17.9 Å². The number of rotatable bonds is 4. The van der Waals surface area contributed by atoms with Crippen LogP contribution in [0, 0.1) is 0 Å². The van der Waals surface area contributed by atoms with E-state index >= 15 is 0 Å². The predicted octanol–water partition coefficient (Wildman–Crippen LogP) is 4.25. The highest BCUT2D eigenvalue weighted by atomic mass is 16.5. The van der Waals surface area contributed by atoms with Crippen LogP contribution in [0.1, 0.15) is 36.5 Å². The van der Waals surface area contributed by atoms with Crippen molar-refractivity contribution in [2.45, 2.75) is 45.1 Å². The van der Waals surface area contributed by atoms with E-state index in [1.165, 1.54) is 42.4 Å². The molecule has 0 bridgehead atoms. The van der Waals surface area contributed by atoms with Crippen molar-refractivity contribution in [1.82, 2.24) is 0 Å². The van der Waals surface area contributed by atoms with Gasteiger partial charge in [0.25, 0.3) is 0 Å². The Morgan fingerprint density at radius 3 is 2.33 bits per heavy atom. The molecule has 0 saturated carbocycles. The summed E-state index contributed by atoms with van der Waals surface area (Å²) in [5, 5.41) is 0. The predicted molar refractivity (Wildman–Crippen MR) is 87.0 cm³/mol. The van der Waals surface area contributed by atoms with Crippen molar-refractivity contribution < 1.29 is 4.74 Å². The van der Waals surface area contributed by atoms with Gasteiger partial charge in [-0.3, -0.25) is 0 Å². The molecular weight excluding hydrogens is 258 g/mol. The minimum atomic E-state index is 0.192. The molecule has 0 spiro atoms. The van der Waals surface area contributed by atoms with Crippen LogP contribution in [0.15, 0.2) is 42.5 Å². The van der Waals surface area contributed by atoms with Crippen molar-refractivity contribution >= 4 is 0 Å². The molecule has 2 aromatic carbocycles. The van der Waals surface area contributed by atoms with E-state index < -0.39 is 0 Å². The summed E-state index contributed by atoms with van der Waals surface area (Å²) in [6.07, 6.45) is 5.90. The number of fused-ring (bicyclic) bond motifs is 1. The fourth-order valence-corrected chi connectivity index (χ4v) is 2.97. The summed E-state index contributed by atoms with van der Waals surface area (Å²) in [6.45, 7) is 2.03. The van der Waals surface area contributed by atoms with E-state index in [4.69, 9.17) is 10.5 Å². The van der Waals surface area contributed by atoms with Crippen LogP contribution >= 0.6 is 0 Å². The van der Waals surface area contributed by atoms with E-state index in [0.29, 0.717) is 0 Å². The van der Waals surface area contributed by atoms with Crippen molar-refractivity contribution in [3.63, 3.8) is 0 Å². The fraction of sp³-hybridized carbons (Fsp3) is 0.368. The maximum absolute atomic E-state index is 5.97. The summed E-state index contributed by atoms with van der Waals surface area (Å²) in [5.74, 6) is 1.83. The molecule has 1 aliphatic carbocycles. The Balaban J connectivity index is 1.71. The Morgan fingerprint density at radius 2 is 1.62 bits per heavy atom. The van der Waals surface area contributed by atoms with Crippen LogP contribution in [0.5, 0.6) is 11.5 Å². The zero-order valence-corrected chi connectivity index (χ0v) is 12.6. The van der Waals surface area contributed by atoms with Crippen LogP contribution < -0.4 is 10.5 Å². The van der Waals surface area contributed by atoms with Gasteiger partial charge in [-0.15, -0.1) is 0 Å². The molecule has 2 nitrogen and oxygen atoms in total. The second kappa shape index (κ2) is 6.31. The van der Waals surface area contributed by atoms with Crippen molar-refractivity contribution in [1.29, 1.82) is 0 Å². The zero-order chi connectivity index (χ0) is 14.7. The van der Waals surface area contributed by atoms with E-state index in [1.807, 2.05) is 19.1 Å². The van der Waals surface area contributed by atoms with Gasteiger partial charge in [0.2, 0.25) is 0 Å². The molecule has 2 heteroatoms. The quantitative estimate of drug-likeness (QED) is 0.909. The minimum Gasteiger partial charge on any atom is -0.457 e. The third kappa shape index (κ3) is 3.64. The number of hydrogen-bond acceptors (Lipinski definition) is 2. The first-order chi connectivity index (χ1) is 10.2. The number of aryl methyl sites for hydroxylation is 2. The van der Waals surface area contributed by atoms with Crippen molar-refractivity contribution in [3.05, 3.63) is 59.2 Å². The van der Waals surface area contributed by atoms with E-state index in [9.17, 15) is 0 Å². The van der Waals surface area contributed by atoms with E-state index in [1.54, 1.807) is 0 Å². The summed E-state index contributed by atoms with van der Waals surface area (Å²) in [7, 11) is 0. The highest BCUT2D eigenvalue weighted by Crippen LogP contribution is 2.28. The topological polar surface area (TPSA) is 35.2 Å². The second-order valence-corrected chi connectivity index (χ2v) is 6.07. The third-order valence-corrected chi connectivity index (χ3v) is 4.04. The Kier molecular flexibility index (Phi) is 4.26. The smallest absolute Gasteiger partial charge is 0.127 e. The van der Waals surface area contributed by atoms with Crippen molar-refractivity contribution in [3.8, 4) is 11.5 Å². The summed E-state index contributed by atoms with van der Waals surface area (Å²) in [6, 6.07) is 14.9. The number of benzene rings is 2. The fourth-order valence-electron chi connectivity index (χ4n) is 2.97. The van der Waals surface area contributed by atoms with Crippen LogP contribution in [0.3, 0.4) is 0 Å². The zero-order valence-electron chi connectivity index (χ0n) is 12.6. The molecule has 0 amide bonds. The molecule has 21 heavy (non-hydrogen) atoms. The summed E-state index contributed by atoms with van der Waals surface area (Å²) in [4.78, 5) is 0. The highest BCUT2D eigenvalue weighted by Gasteiger charge is 2.10. The van der Waals surface area contributed by atoms with Gasteiger partial charge < -0.3 is 10.5 Å². The molecule has 0 aliphatic heterocycles. The van der Waals surface area contributed by atoms with Gasteiger partial charge in [-0.1, -0.05) is 18.2 Å². The average Bonchev–Trinajstić information content (AvgIpc) is 2.49. The monoisotopic (exact) mass is 281 g/mol. The van der Waals surface area contributed by atoms with Gasteiger partial charge in [-0.25, -0.2) is 0 Å². The Hall–Kier alpha value is -1.80. The molecule has 0 saturated heterocycles. The maximum Gasteiger partial charge on any atom is 0.127 e. The van der Waals surface area contributed by atoms with Crippen LogP contribution in [-0.2, 0) is 19.3 Å². The molecule has 3 rings (SSSR count). The Bertz CT molecular complexity index is 601. The van der Waals surface area contributed by atoms with Crippen LogP contribution in [0.25, 0.3) is 0 Å². The van der Waals surface area contributed by atoms with Gasteiger partial charge in [0.1, 0.15) is 11.5 Å². The van der Waals surface area contributed by atoms with Crippen LogP contribution in [0.4, 0.5) is 0 Å². The molecule has 1 aliphatic rings. The first-order valence-corrected chi connectivity index (χ1v) is 7.85. The number of ether oxygens (including phenoxy) is 1. The van der Waals surface area contributed by atoms with Gasteiger partial charge >= 0.3 is 0 Å². The van der Waals surface area contributed by atoms with Gasteiger partial charge in [-0.2, -0.15) is 0 Å². The summed E-state index contributed by atoms with van der Waals surface area (Å²) < 4.78 is 5.97. The molecule has 110 valence electrons. The molecule has 2 aromatic rings. The van der Waals surface area contributed by atoms with Gasteiger partial charge in [0.05, 0.1) is 0 Å². The van der Waals surface area contributed by atoms with Crippen LogP contribution in [-0.4, -0.2) is 6.04 Å². The lowest BCUT2D eigenvalue weighted by atomic mass is 9.92. The molecule has 1 unspecified atom stereocenters. The van der Waals surface area contributed by atoms with E-state index in [-0.39, 0.29) is 6.04 Å². The average molecular weight is 281 g/mol. The molecule has 0 heterocycles. The maximum atomic E-state index is 5.97. The first kappa shape index (κ1) is 14.2.